The highest BCUT2D eigenvalue weighted by Gasteiger charge is 2.34. The maximum atomic E-state index is 6.19. The molecule has 0 N–H and O–H groups in total. The van der Waals surface area contributed by atoms with E-state index in [0.717, 1.165) is 39.7 Å². The second-order valence-corrected chi connectivity index (χ2v) is 6.80. The smallest absolute Gasteiger partial charge is 0.159 e. The molecule has 0 bridgehead atoms. The van der Waals surface area contributed by atoms with E-state index < -0.39 is 5.60 Å². The van der Waals surface area contributed by atoms with E-state index in [0.29, 0.717) is 0 Å². The summed E-state index contributed by atoms with van der Waals surface area (Å²) < 4.78 is 11.5. The lowest BCUT2D eigenvalue weighted by molar-refractivity contribution is 0.104. The number of hydrogen-bond donors (Lipinski definition) is 0. The molecule has 0 saturated heterocycles. The van der Waals surface area contributed by atoms with Gasteiger partial charge in [-0.2, -0.15) is 0 Å². The van der Waals surface area contributed by atoms with Crippen molar-refractivity contribution in [3.63, 3.8) is 0 Å². The van der Waals surface area contributed by atoms with Crippen LogP contribution in [-0.4, -0.2) is 17.1 Å². The Morgan fingerprint density at radius 1 is 1.04 bits per heavy atom. The van der Waals surface area contributed by atoms with Gasteiger partial charge in [-0.15, -0.1) is 0 Å². The molecule has 2 aromatic carbocycles. The molecule has 0 fully saturated rings. The van der Waals surface area contributed by atoms with E-state index in [4.69, 9.17) is 14.5 Å². The molecule has 0 unspecified atom stereocenters. The number of nitrogens with zero attached hydrogens (tertiary/aromatic N) is 2. The third-order valence-corrected chi connectivity index (χ3v) is 4.56. The van der Waals surface area contributed by atoms with Crippen molar-refractivity contribution in [3.8, 4) is 34.1 Å². The molecule has 1 aromatic heterocycles. The highest BCUT2D eigenvalue weighted by atomic mass is 16.5. The molecule has 4 heteroatoms. The molecular weight excluding hydrogens is 312 g/mol. The lowest BCUT2D eigenvalue weighted by Crippen LogP contribution is -2.30. The highest BCUT2D eigenvalue weighted by molar-refractivity contribution is 5.75. The molecule has 25 heavy (non-hydrogen) atoms. The lowest BCUT2D eigenvalue weighted by Gasteiger charge is -2.34. The third kappa shape index (κ3) is 2.64. The van der Waals surface area contributed by atoms with Crippen LogP contribution in [-0.2, 0) is 5.60 Å². The van der Waals surface area contributed by atoms with Gasteiger partial charge in [0.05, 0.1) is 12.8 Å². The summed E-state index contributed by atoms with van der Waals surface area (Å²) in [4.78, 5) is 9.45. The summed E-state index contributed by atoms with van der Waals surface area (Å²) in [5, 5.41) is 0. The normalized spacial score (nSPS) is 14.2. The first-order chi connectivity index (χ1) is 12.0. The Balaban J connectivity index is 1.90. The fraction of sp³-hybridized carbons (Fsp3) is 0.238. The molecule has 1 aliphatic heterocycles. The van der Waals surface area contributed by atoms with Gasteiger partial charge in [0.25, 0.3) is 0 Å². The van der Waals surface area contributed by atoms with Crippen molar-refractivity contribution < 1.29 is 9.47 Å². The molecule has 0 aliphatic carbocycles. The van der Waals surface area contributed by atoms with Gasteiger partial charge in [-0.1, -0.05) is 29.8 Å². The first-order valence-corrected chi connectivity index (χ1v) is 8.30. The number of rotatable bonds is 2. The summed E-state index contributed by atoms with van der Waals surface area (Å²) in [6, 6.07) is 14.1. The predicted molar refractivity (Wildman–Crippen MR) is 97.8 cm³/mol. The number of aromatic nitrogens is 2. The number of methoxy groups -OCH3 is 1. The molecule has 126 valence electrons. The summed E-state index contributed by atoms with van der Waals surface area (Å²) in [5.41, 5.74) is 4.59. The molecule has 4 rings (SSSR count). The molecule has 0 saturated carbocycles. The highest BCUT2D eigenvalue weighted by Crippen LogP contribution is 2.45. The molecule has 0 spiro atoms. The summed E-state index contributed by atoms with van der Waals surface area (Å²) in [7, 11) is 1.65. The lowest BCUT2D eigenvalue weighted by atomic mass is 9.90. The number of ether oxygens (including phenoxy) is 2. The number of fused-ring (bicyclic) bond motifs is 3. The van der Waals surface area contributed by atoms with E-state index in [1.807, 2.05) is 38.2 Å². The fourth-order valence-electron chi connectivity index (χ4n) is 3.11. The van der Waals surface area contributed by atoms with Gasteiger partial charge in [-0.3, -0.25) is 0 Å². The van der Waals surface area contributed by atoms with Crippen LogP contribution >= 0.6 is 0 Å². The van der Waals surface area contributed by atoms with Crippen LogP contribution in [0.3, 0.4) is 0 Å². The molecule has 1 aliphatic rings. The monoisotopic (exact) mass is 332 g/mol. The minimum Gasteiger partial charge on any atom is -0.497 e. The fourth-order valence-corrected chi connectivity index (χ4v) is 3.11. The van der Waals surface area contributed by atoms with Crippen LogP contribution in [0.1, 0.15) is 25.0 Å². The van der Waals surface area contributed by atoms with Gasteiger partial charge in [-0.25, -0.2) is 9.97 Å². The molecule has 4 nitrogen and oxygen atoms in total. The summed E-state index contributed by atoms with van der Waals surface area (Å²) >= 11 is 0. The first-order valence-electron chi connectivity index (χ1n) is 8.30. The van der Waals surface area contributed by atoms with Crippen molar-refractivity contribution in [1.29, 1.82) is 0 Å². The van der Waals surface area contributed by atoms with Crippen molar-refractivity contribution in [2.45, 2.75) is 26.4 Å². The van der Waals surface area contributed by atoms with E-state index >= 15 is 0 Å². The maximum Gasteiger partial charge on any atom is 0.159 e. The topological polar surface area (TPSA) is 44.2 Å². The Bertz CT molecular complexity index is 947. The van der Waals surface area contributed by atoms with Gasteiger partial charge < -0.3 is 9.47 Å². The summed E-state index contributed by atoms with van der Waals surface area (Å²) in [6.07, 6.45) is 1.88. The molecule has 0 radical (unpaired) electrons. The molecular formula is C21H20N2O2. The molecule has 0 amide bonds. The average molecular weight is 332 g/mol. The van der Waals surface area contributed by atoms with Crippen LogP contribution in [0.2, 0.25) is 0 Å². The minimum absolute atomic E-state index is 0.499. The average Bonchev–Trinajstić information content (AvgIpc) is 2.61. The quantitative estimate of drug-likeness (QED) is 0.679. The first kappa shape index (κ1) is 15.6. The second kappa shape index (κ2) is 5.59. The van der Waals surface area contributed by atoms with E-state index in [-0.39, 0.29) is 0 Å². The van der Waals surface area contributed by atoms with Crippen LogP contribution in [0, 0.1) is 6.92 Å². The summed E-state index contributed by atoms with van der Waals surface area (Å²) in [6.45, 7) is 6.13. The van der Waals surface area contributed by atoms with Crippen molar-refractivity contribution in [2.24, 2.45) is 0 Å². The zero-order valence-electron chi connectivity index (χ0n) is 14.8. The molecule has 2 heterocycles. The standard InChI is InChI=1S/C21H20N2O2/c1-13-5-7-14(8-6-13)20-22-12-17-19(23-20)16-10-9-15(24-4)11-18(16)25-21(17,2)3/h5-12H,1-4H3. The SMILES string of the molecule is COc1ccc2c(c1)OC(C)(C)c1cnc(-c3ccc(C)cc3)nc1-2. The Hall–Kier alpha value is -2.88. The minimum atomic E-state index is -0.499. The van der Waals surface area contributed by atoms with Gasteiger partial charge in [-0.05, 0) is 32.9 Å². The Morgan fingerprint density at radius 3 is 2.52 bits per heavy atom. The van der Waals surface area contributed by atoms with E-state index in [2.05, 4.69) is 36.2 Å². The van der Waals surface area contributed by atoms with Gasteiger partial charge in [0.1, 0.15) is 17.1 Å². The zero-order valence-corrected chi connectivity index (χ0v) is 14.8. The van der Waals surface area contributed by atoms with Crippen LogP contribution in [0.5, 0.6) is 11.5 Å². The van der Waals surface area contributed by atoms with Crippen LogP contribution in [0.15, 0.2) is 48.7 Å². The van der Waals surface area contributed by atoms with Gasteiger partial charge in [0.2, 0.25) is 0 Å². The largest absolute Gasteiger partial charge is 0.497 e. The van der Waals surface area contributed by atoms with Gasteiger partial charge in [0, 0.05) is 29.0 Å². The second-order valence-electron chi connectivity index (χ2n) is 6.80. The zero-order chi connectivity index (χ0) is 17.6. The Labute approximate surface area is 147 Å². The third-order valence-electron chi connectivity index (χ3n) is 4.56. The predicted octanol–water partition coefficient (Wildman–Crippen LogP) is 4.76. The van der Waals surface area contributed by atoms with Gasteiger partial charge >= 0.3 is 0 Å². The van der Waals surface area contributed by atoms with Crippen molar-refractivity contribution >= 4 is 0 Å². The number of hydrogen-bond acceptors (Lipinski definition) is 4. The van der Waals surface area contributed by atoms with Crippen molar-refractivity contribution in [3.05, 3.63) is 59.8 Å². The van der Waals surface area contributed by atoms with E-state index in [1.165, 1.54) is 5.56 Å². The van der Waals surface area contributed by atoms with Crippen molar-refractivity contribution in [2.75, 3.05) is 7.11 Å². The van der Waals surface area contributed by atoms with Crippen LogP contribution in [0.25, 0.3) is 22.6 Å². The molecule has 0 atom stereocenters. The number of benzene rings is 2. The van der Waals surface area contributed by atoms with Crippen LogP contribution < -0.4 is 9.47 Å². The van der Waals surface area contributed by atoms with E-state index in [9.17, 15) is 0 Å². The summed E-state index contributed by atoms with van der Waals surface area (Å²) in [5.74, 6) is 2.27. The number of aryl methyl sites for hydroxylation is 1. The van der Waals surface area contributed by atoms with Gasteiger partial charge in [0.15, 0.2) is 5.82 Å². The van der Waals surface area contributed by atoms with Crippen molar-refractivity contribution in [1.82, 2.24) is 9.97 Å². The molecule has 3 aromatic rings. The maximum absolute atomic E-state index is 6.19. The Kier molecular flexibility index (Phi) is 3.49. The Morgan fingerprint density at radius 2 is 1.80 bits per heavy atom. The van der Waals surface area contributed by atoms with E-state index in [1.54, 1.807) is 7.11 Å². The van der Waals surface area contributed by atoms with Crippen LogP contribution in [0.4, 0.5) is 0 Å².